The van der Waals surface area contributed by atoms with Gasteiger partial charge in [0, 0.05) is 19.0 Å². The summed E-state index contributed by atoms with van der Waals surface area (Å²) in [7, 11) is 0. The molecule has 2 aromatic rings. The number of hydrogen-bond donors (Lipinski definition) is 1. The molecule has 3 rings (SSSR count). The maximum Gasteiger partial charge on any atom is 0.416 e. The van der Waals surface area contributed by atoms with E-state index in [-0.39, 0.29) is 30.0 Å². The Kier molecular flexibility index (Phi) is 7.42. The Morgan fingerprint density at radius 3 is 1.93 bits per heavy atom. The number of rotatable bonds is 4. The second kappa shape index (κ2) is 9.11. The van der Waals surface area contributed by atoms with Crippen LogP contribution in [0, 0.1) is 5.82 Å². The fourth-order valence-corrected chi connectivity index (χ4v) is 3.39. The van der Waals surface area contributed by atoms with E-state index in [0.29, 0.717) is 25.2 Å². The highest BCUT2D eigenvalue weighted by Crippen LogP contribution is 2.38. The van der Waals surface area contributed by atoms with Crippen molar-refractivity contribution in [2.75, 3.05) is 13.1 Å². The summed E-state index contributed by atoms with van der Waals surface area (Å²) in [5.74, 6) is -0.611. The predicted molar refractivity (Wildman–Crippen MR) is 99.0 cm³/mol. The molecular weight excluding hydrogens is 439 g/mol. The average molecular weight is 458 g/mol. The Morgan fingerprint density at radius 1 is 0.900 bits per heavy atom. The molecule has 0 aliphatic carbocycles. The van der Waals surface area contributed by atoms with Crippen LogP contribution in [0.4, 0.5) is 30.7 Å². The lowest BCUT2D eigenvalue weighted by Gasteiger charge is -2.25. The van der Waals surface area contributed by atoms with E-state index in [1.807, 2.05) is 0 Å². The van der Waals surface area contributed by atoms with Gasteiger partial charge >= 0.3 is 12.4 Å². The van der Waals surface area contributed by atoms with Gasteiger partial charge in [-0.25, -0.2) is 4.39 Å². The first kappa shape index (κ1) is 24.4. The van der Waals surface area contributed by atoms with Crippen LogP contribution in [0.5, 0.6) is 0 Å². The molecule has 10 heteroatoms. The van der Waals surface area contributed by atoms with E-state index in [0.717, 1.165) is 5.56 Å². The van der Waals surface area contributed by atoms with Gasteiger partial charge in [0.05, 0.1) is 23.3 Å². The van der Waals surface area contributed by atoms with Crippen LogP contribution in [0.2, 0.25) is 0 Å². The number of alkyl halides is 6. The van der Waals surface area contributed by atoms with Crippen molar-refractivity contribution in [3.05, 3.63) is 70.5 Å². The van der Waals surface area contributed by atoms with Crippen molar-refractivity contribution in [3.8, 4) is 0 Å². The number of hydrogen-bond acceptors (Lipinski definition) is 2. The second-order valence-corrected chi connectivity index (χ2v) is 6.97. The summed E-state index contributed by atoms with van der Waals surface area (Å²) >= 11 is 0. The van der Waals surface area contributed by atoms with Gasteiger partial charge in [-0.1, -0.05) is 12.1 Å². The molecule has 1 heterocycles. The Labute approximate surface area is 174 Å². The van der Waals surface area contributed by atoms with E-state index in [4.69, 9.17) is 4.74 Å². The van der Waals surface area contributed by atoms with Gasteiger partial charge in [-0.05, 0) is 48.4 Å². The highest BCUT2D eigenvalue weighted by molar-refractivity contribution is 5.85. The smallest absolute Gasteiger partial charge is 0.369 e. The lowest BCUT2D eigenvalue weighted by Crippen LogP contribution is -2.23. The maximum absolute atomic E-state index is 13.1. The van der Waals surface area contributed by atoms with E-state index < -0.39 is 41.5 Å². The van der Waals surface area contributed by atoms with Crippen LogP contribution < -0.4 is 5.32 Å². The molecule has 1 saturated heterocycles. The first-order valence-electron chi connectivity index (χ1n) is 8.86. The second-order valence-electron chi connectivity index (χ2n) is 6.97. The summed E-state index contributed by atoms with van der Waals surface area (Å²) in [6.07, 6.45) is -11.3. The molecule has 2 nitrogen and oxygen atoms in total. The maximum atomic E-state index is 13.1. The van der Waals surface area contributed by atoms with Crippen molar-refractivity contribution in [2.24, 2.45) is 0 Å². The quantitative estimate of drug-likeness (QED) is 0.559. The van der Waals surface area contributed by atoms with Crippen LogP contribution in [0.15, 0.2) is 42.5 Å². The zero-order valence-electron chi connectivity index (χ0n) is 15.6. The Bertz CT molecular complexity index is 819. The van der Waals surface area contributed by atoms with Crippen LogP contribution in [0.25, 0.3) is 0 Å². The topological polar surface area (TPSA) is 21.3 Å². The zero-order chi connectivity index (χ0) is 21.4. The van der Waals surface area contributed by atoms with Gasteiger partial charge in [-0.15, -0.1) is 12.4 Å². The van der Waals surface area contributed by atoms with Crippen LogP contribution in [-0.4, -0.2) is 19.2 Å². The molecule has 1 N–H and O–H groups in total. The van der Waals surface area contributed by atoms with E-state index in [1.54, 1.807) is 12.1 Å². The molecule has 3 atom stereocenters. The highest BCUT2D eigenvalue weighted by Gasteiger charge is 2.38. The first-order chi connectivity index (χ1) is 13.4. The molecule has 0 aromatic heterocycles. The molecule has 0 radical (unpaired) electrons. The minimum atomic E-state index is -4.92. The van der Waals surface area contributed by atoms with Gasteiger partial charge < -0.3 is 10.1 Å². The van der Waals surface area contributed by atoms with Gasteiger partial charge in [-0.3, -0.25) is 0 Å². The van der Waals surface area contributed by atoms with Gasteiger partial charge in [0.25, 0.3) is 0 Å². The SMILES string of the molecule is C[C@@H](O[C@H]1CNC[C@@H]1c1ccc(F)cc1)c1cc(C(F)(F)F)cc(C(F)(F)F)c1.Cl. The molecule has 0 saturated carbocycles. The molecule has 0 bridgehead atoms. The van der Waals surface area contributed by atoms with E-state index in [2.05, 4.69) is 5.32 Å². The van der Waals surface area contributed by atoms with Crippen LogP contribution in [0.3, 0.4) is 0 Å². The lowest BCUT2D eigenvalue weighted by atomic mass is 9.95. The summed E-state index contributed by atoms with van der Waals surface area (Å²) < 4.78 is 97.4. The lowest BCUT2D eigenvalue weighted by molar-refractivity contribution is -0.143. The van der Waals surface area contributed by atoms with Gasteiger partial charge in [0.1, 0.15) is 5.82 Å². The highest BCUT2D eigenvalue weighted by atomic mass is 35.5. The fourth-order valence-electron chi connectivity index (χ4n) is 3.39. The standard InChI is InChI=1S/C20H18F7NO.ClH/c1-11(13-6-14(19(22,23)24)8-15(7-13)20(25,26)27)29-18-10-28-9-17(18)12-2-4-16(21)5-3-12;/h2-8,11,17-18,28H,9-10H2,1H3;1H/t11-,17-,18+;/m1./s1. The molecular formula is C20H19ClF7NO. The van der Waals surface area contributed by atoms with Crippen molar-refractivity contribution in [1.82, 2.24) is 5.32 Å². The fraction of sp³-hybridized carbons (Fsp3) is 0.400. The first-order valence-corrected chi connectivity index (χ1v) is 8.86. The predicted octanol–water partition coefficient (Wildman–Crippen LogP) is 6.12. The molecule has 166 valence electrons. The molecule has 30 heavy (non-hydrogen) atoms. The van der Waals surface area contributed by atoms with Gasteiger partial charge in [0.2, 0.25) is 0 Å². The third-order valence-electron chi connectivity index (χ3n) is 4.92. The molecule has 0 amide bonds. The van der Waals surface area contributed by atoms with E-state index in [1.165, 1.54) is 19.1 Å². The summed E-state index contributed by atoms with van der Waals surface area (Å²) in [6.45, 7) is 2.28. The third kappa shape index (κ3) is 5.65. The Hall–Kier alpha value is -1.84. The van der Waals surface area contributed by atoms with Crippen molar-refractivity contribution >= 4 is 12.4 Å². The number of benzene rings is 2. The minimum absolute atomic E-state index is 0. The monoisotopic (exact) mass is 457 g/mol. The summed E-state index contributed by atoms with van der Waals surface area (Å²) in [5, 5.41) is 3.08. The summed E-state index contributed by atoms with van der Waals surface area (Å²) in [4.78, 5) is 0. The largest absolute Gasteiger partial charge is 0.416 e. The molecule has 1 fully saturated rings. The van der Waals surface area contributed by atoms with Crippen LogP contribution >= 0.6 is 12.4 Å². The number of ether oxygens (including phenoxy) is 1. The average Bonchev–Trinajstić information content (AvgIpc) is 3.08. The van der Waals surface area contributed by atoms with E-state index in [9.17, 15) is 30.7 Å². The van der Waals surface area contributed by atoms with Crippen LogP contribution in [-0.2, 0) is 17.1 Å². The zero-order valence-corrected chi connectivity index (χ0v) is 16.5. The molecule has 2 aromatic carbocycles. The summed E-state index contributed by atoms with van der Waals surface area (Å²) in [5.41, 5.74) is -2.19. The van der Waals surface area contributed by atoms with Crippen molar-refractivity contribution in [3.63, 3.8) is 0 Å². The number of halogens is 8. The molecule has 1 aliphatic heterocycles. The van der Waals surface area contributed by atoms with Crippen molar-refractivity contribution < 1.29 is 35.5 Å². The summed E-state index contributed by atoms with van der Waals surface area (Å²) in [6, 6.07) is 7.19. The molecule has 1 aliphatic rings. The minimum Gasteiger partial charge on any atom is -0.369 e. The van der Waals surface area contributed by atoms with Crippen molar-refractivity contribution in [2.45, 2.75) is 37.4 Å². The van der Waals surface area contributed by atoms with Crippen molar-refractivity contribution in [1.29, 1.82) is 0 Å². The Morgan fingerprint density at radius 2 is 1.43 bits per heavy atom. The number of nitrogens with one attached hydrogen (secondary N) is 1. The van der Waals surface area contributed by atoms with Gasteiger partial charge in [-0.2, -0.15) is 26.3 Å². The molecule has 0 spiro atoms. The Balaban J connectivity index is 0.00000320. The van der Waals surface area contributed by atoms with E-state index >= 15 is 0 Å². The van der Waals surface area contributed by atoms with Gasteiger partial charge in [0.15, 0.2) is 0 Å². The molecule has 0 unspecified atom stereocenters. The normalized spacial score (nSPS) is 20.7. The van der Waals surface area contributed by atoms with Crippen LogP contribution in [0.1, 0.15) is 41.2 Å². The third-order valence-corrected chi connectivity index (χ3v) is 4.92.